The largest absolute Gasteiger partial charge is 0.293 e. The second-order valence-corrected chi connectivity index (χ2v) is 6.11. The summed E-state index contributed by atoms with van der Waals surface area (Å²) >= 11 is 0. The number of hydrogen-bond donors (Lipinski definition) is 2. The molecule has 8 heteroatoms. The topological polar surface area (TPSA) is 95.7 Å². The van der Waals surface area contributed by atoms with Gasteiger partial charge in [-0.15, -0.1) is 0 Å². The number of hydrogen-bond acceptors (Lipinski definition) is 5. The summed E-state index contributed by atoms with van der Waals surface area (Å²) in [7, 11) is -3.13. The molecule has 17 heavy (non-hydrogen) atoms. The molecule has 0 aromatic heterocycles. The zero-order chi connectivity index (χ0) is 13.1. The van der Waals surface area contributed by atoms with Crippen molar-refractivity contribution in [3.63, 3.8) is 0 Å². The average Bonchev–Trinajstić information content (AvgIpc) is 2.29. The third kappa shape index (κ3) is 3.63. The number of nitrogens with two attached hydrogens (primary N) is 1. The molecule has 0 bridgehead atoms. The zero-order valence-corrected chi connectivity index (χ0v) is 11.0. The van der Waals surface area contributed by atoms with Gasteiger partial charge < -0.3 is 0 Å². The number of carbonyl (C=O) groups is 1. The summed E-state index contributed by atoms with van der Waals surface area (Å²) in [6.07, 6.45) is 1.86. The first kappa shape index (κ1) is 14.4. The molecule has 1 unspecified atom stereocenters. The van der Waals surface area contributed by atoms with Crippen LogP contribution in [0.25, 0.3) is 0 Å². The van der Waals surface area contributed by atoms with Crippen LogP contribution in [-0.4, -0.2) is 62.0 Å². The van der Waals surface area contributed by atoms with E-state index < -0.39 is 10.0 Å². The van der Waals surface area contributed by atoms with Gasteiger partial charge in [0.25, 0.3) is 5.91 Å². The lowest BCUT2D eigenvalue weighted by Gasteiger charge is -2.36. The summed E-state index contributed by atoms with van der Waals surface area (Å²) in [4.78, 5) is 13.5. The Balaban J connectivity index is 2.59. The number of rotatable bonds is 4. The van der Waals surface area contributed by atoms with Crippen LogP contribution in [0.15, 0.2) is 0 Å². The normalized spacial score (nSPS) is 21.1. The predicted molar refractivity (Wildman–Crippen MR) is 64.4 cm³/mol. The van der Waals surface area contributed by atoms with Crippen LogP contribution < -0.4 is 11.3 Å². The number of amides is 1. The first-order valence-corrected chi connectivity index (χ1v) is 7.44. The van der Waals surface area contributed by atoms with Crippen molar-refractivity contribution in [1.82, 2.24) is 14.6 Å². The minimum absolute atomic E-state index is 0.222. The van der Waals surface area contributed by atoms with E-state index in [9.17, 15) is 13.2 Å². The molecule has 100 valence electrons. The lowest BCUT2D eigenvalue weighted by Crippen LogP contribution is -2.56. The molecule has 0 aromatic carbocycles. The minimum Gasteiger partial charge on any atom is -0.293 e. The second-order valence-electron chi connectivity index (χ2n) is 4.13. The summed E-state index contributed by atoms with van der Waals surface area (Å²) in [5.41, 5.74) is 2.14. The van der Waals surface area contributed by atoms with Crippen molar-refractivity contribution in [2.45, 2.75) is 19.4 Å². The molecule has 1 atom stereocenters. The summed E-state index contributed by atoms with van der Waals surface area (Å²) in [6.45, 7) is 3.86. The molecule has 0 aliphatic carbocycles. The van der Waals surface area contributed by atoms with E-state index >= 15 is 0 Å². The van der Waals surface area contributed by atoms with Gasteiger partial charge in [0.15, 0.2) is 0 Å². The van der Waals surface area contributed by atoms with Crippen molar-refractivity contribution in [1.29, 1.82) is 0 Å². The van der Waals surface area contributed by atoms with Gasteiger partial charge in [-0.3, -0.25) is 15.1 Å². The highest BCUT2D eigenvalue weighted by Crippen LogP contribution is 2.11. The Hall–Kier alpha value is -0.700. The van der Waals surface area contributed by atoms with Crippen LogP contribution in [0, 0.1) is 0 Å². The van der Waals surface area contributed by atoms with Crippen molar-refractivity contribution in [2.24, 2.45) is 5.84 Å². The molecule has 3 N–H and O–H groups in total. The van der Waals surface area contributed by atoms with Gasteiger partial charge >= 0.3 is 0 Å². The van der Waals surface area contributed by atoms with Crippen LogP contribution in [-0.2, 0) is 14.8 Å². The number of sulfonamides is 1. The van der Waals surface area contributed by atoms with Crippen molar-refractivity contribution in [2.75, 3.05) is 32.4 Å². The molecular weight excluding hydrogens is 244 g/mol. The molecule has 0 radical (unpaired) electrons. The molecule has 1 aliphatic heterocycles. The molecule has 1 aliphatic rings. The van der Waals surface area contributed by atoms with Crippen molar-refractivity contribution in [3.05, 3.63) is 0 Å². The first-order chi connectivity index (χ1) is 7.90. The fourth-order valence-electron chi connectivity index (χ4n) is 2.05. The van der Waals surface area contributed by atoms with E-state index in [1.54, 1.807) is 0 Å². The van der Waals surface area contributed by atoms with E-state index in [1.165, 1.54) is 10.6 Å². The molecule has 1 fully saturated rings. The van der Waals surface area contributed by atoms with Crippen LogP contribution in [0.2, 0.25) is 0 Å². The van der Waals surface area contributed by atoms with E-state index in [0.717, 1.165) is 0 Å². The molecule has 0 spiro atoms. The van der Waals surface area contributed by atoms with E-state index in [4.69, 9.17) is 5.84 Å². The molecule has 1 rings (SSSR count). The fourth-order valence-corrected chi connectivity index (χ4v) is 2.88. The SMILES string of the molecule is CCC(C(=O)NN)N1CCN(S(C)(=O)=O)CC1. The third-order valence-corrected chi connectivity index (χ3v) is 4.32. The lowest BCUT2D eigenvalue weighted by atomic mass is 10.1. The highest BCUT2D eigenvalue weighted by molar-refractivity contribution is 7.88. The van der Waals surface area contributed by atoms with Crippen LogP contribution in [0.4, 0.5) is 0 Å². The Labute approximate surface area is 102 Å². The van der Waals surface area contributed by atoms with Gasteiger partial charge in [-0.25, -0.2) is 14.3 Å². The van der Waals surface area contributed by atoms with Gasteiger partial charge in [0.05, 0.1) is 12.3 Å². The molecule has 0 aromatic rings. The van der Waals surface area contributed by atoms with Crippen molar-refractivity contribution in [3.8, 4) is 0 Å². The maximum atomic E-state index is 11.5. The number of hydrazine groups is 1. The van der Waals surface area contributed by atoms with E-state index in [1.807, 2.05) is 11.8 Å². The highest BCUT2D eigenvalue weighted by Gasteiger charge is 2.29. The Morgan fingerprint density at radius 3 is 2.24 bits per heavy atom. The molecule has 0 saturated carbocycles. The average molecular weight is 264 g/mol. The van der Waals surface area contributed by atoms with Crippen molar-refractivity contribution < 1.29 is 13.2 Å². The smallest absolute Gasteiger partial charge is 0.251 e. The third-order valence-electron chi connectivity index (χ3n) is 3.01. The summed E-state index contributed by atoms with van der Waals surface area (Å²) in [5, 5.41) is 0. The number of nitrogens with zero attached hydrogens (tertiary/aromatic N) is 2. The summed E-state index contributed by atoms with van der Waals surface area (Å²) in [6, 6.07) is -0.276. The Morgan fingerprint density at radius 1 is 1.35 bits per heavy atom. The standard InChI is InChI=1S/C9H20N4O3S/c1-3-8(9(14)11-10)12-4-6-13(7-5-12)17(2,15)16/h8H,3-7,10H2,1-2H3,(H,11,14). The van der Waals surface area contributed by atoms with Crippen molar-refractivity contribution >= 4 is 15.9 Å². The van der Waals surface area contributed by atoms with Gasteiger partial charge in [0.1, 0.15) is 0 Å². The van der Waals surface area contributed by atoms with E-state index in [2.05, 4.69) is 5.43 Å². The molecule has 1 saturated heterocycles. The van der Waals surface area contributed by atoms with Crippen LogP contribution >= 0.6 is 0 Å². The van der Waals surface area contributed by atoms with Gasteiger partial charge in [-0.1, -0.05) is 6.92 Å². The van der Waals surface area contributed by atoms with E-state index in [-0.39, 0.29) is 11.9 Å². The molecule has 1 heterocycles. The maximum absolute atomic E-state index is 11.5. The van der Waals surface area contributed by atoms with Gasteiger partial charge in [0, 0.05) is 26.2 Å². The second kappa shape index (κ2) is 5.76. The predicted octanol–water partition coefficient (Wildman–Crippen LogP) is -1.67. The quantitative estimate of drug-likeness (QED) is 0.360. The minimum atomic E-state index is -3.13. The molecule has 7 nitrogen and oxygen atoms in total. The number of piperazine rings is 1. The molecule has 1 amide bonds. The Bertz CT molecular complexity index is 362. The Kier molecular flexibility index (Phi) is 4.87. The number of nitrogens with one attached hydrogen (secondary N) is 1. The van der Waals surface area contributed by atoms with Crippen LogP contribution in [0.5, 0.6) is 0 Å². The monoisotopic (exact) mass is 264 g/mol. The van der Waals surface area contributed by atoms with Gasteiger partial charge in [0.2, 0.25) is 10.0 Å². The van der Waals surface area contributed by atoms with Crippen LogP contribution in [0.1, 0.15) is 13.3 Å². The molecular formula is C9H20N4O3S. The summed E-state index contributed by atoms with van der Waals surface area (Å²) in [5.74, 6) is 4.90. The number of carbonyl (C=O) groups excluding carboxylic acids is 1. The lowest BCUT2D eigenvalue weighted by molar-refractivity contribution is -0.127. The van der Waals surface area contributed by atoms with E-state index in [0.29, 0.717) is 32.6 Å². The summed E-state index contributed by atoms with van der Waals surface area (Å²) < 4.78 is 24.1. The maximum Gasteiger partial charge on any atom is 0.251 e. The zero-order valence-electron chi connectivity index (χ0n) is 10.2. The van der Waals surface area contributed by atoms with Gasteiger partial charge in [-0.05, 0) is 6.42 Å². The van der Waals surface area contributed by atoms with Gasteiger partial charge in [-0.2, -0.15) is 4.31 Å². The first-order valence-electron chi connectivity index (χ1n) is 5.59. The fraction of sp³-hybridized carbons (Fsp3) is 0.889. The highest BCUT2D eigenvalue weighted by atomic mass is 32.2. The van der Waals surface area contributed by atoms with Crippen LogP contribution in [0.3, 0.4) is 0 Å². The Morgan fingerprint density at radius 2 is 1.88 bits per heavy atom.